The van der Waals surface area contributed by atoms with E-state index in [-0.39, 0.29) is 49.2 Å². The van der Waals surface area contributed by atoms with E-state index in [0.717, 1.165) is 11.1 Å². The van der Waals surface area contributed by atoms with Gasteiger partial charge in [0.2, 0.25) is 11.8 Å². The molecule has 0 aliphatic carbocycles. The first-order chi connectivity index (χ1) is 19.9. The van der Waals surface area contributed by atoms with E-state index in [9.17, 15) is 18.8 Å². The van der Waals surface area contributed by atoms with E-state index in [0.29, 0.717) is 25.1 Å². The highest BCUT2D eigenvalue weighted by molar-refractivity contribution is 5.91. The summed E-state index contributed by atoms with van der Waals surface area (Å²) in [6, 6.07) is 24.4. The second-order valence-electron chi connectivity index (χ2n) is 10.8. The summed E-state index contributed by atoms with van der Waals surface area (Å²) >= 11 is 0. The quantitative estimate of drug-likeness (QED) is 0.446. The van der Waals surface area contributed by atoms with Gasteiger partial charge in [-0.1, -0.05) is 93.1 Å². The first-order valence-corrected chi connectivity index (χ1v) is 14.1. The topological polar surface area (TPSA) is 76.2 Å². The number of nitrogens with zero attached hydrogens (tertiary/aromatic N) is 4. The number of carbonyl (C=O) groups is 3. The van der Waals surface area contributed by atoms with Crippen LogP contribution in [0.15, 0.2) is 84.9 Å². The number of piperazine rings is 1. The maximum Gasteiger partial charge on any atom is 0.334 e. The van der Waals surface area contributed by atoms with Crippen molar-refractivity contribution < 1.29 is 18.8 Å². The van der Waals surface area contributed by atoms with Crippen molar-refractivity contribution in [2.75, 3.05) is 13.1 Å². The van der Waals surface area contributed by atoms with Crippen LogP contribution in [0.5, 0.6) is 0 Å². The fourth-order valence-corrected chi connectivity index (χ4v) is 5.67. The Morgan fingerprint density at radius 1 is 0.927 bits per heavy atom. The van der Waals surface area contributed by atoms with Gasteiger partial charge in [-0.05, 0) is 34.7 Å². The molecule has 8 nitrogen and oxygen atoms in total. The van der Waals surface area contributed by atoms with Crippen molar-refractivity contribution in [1.82, 2.24) is 25.1 Å². The van der Waals surface area contributed by atoms with Gasteiger partial charge in [-0.3, -0.25) is 9.59 Å². The molecule has 3 aromatic carbocycles. The van der Waals surface area contributed by atoms with Crippen molar-refractivity contribution >= 4 is 17.8 Å². The summed E-state index contributed by atoms with van der Waals surface area (Å²) in [5, 5.41) is 6.40. The second kappa shape index (κ2) is 12.5. The fourth-order valence-electron chi connectivity index (χ4n) is 5.67. The van der Waals surface area contributed by atoms with Crippen LogP contribution in [0, 0.1) is 11.7 Å². The number of hydrogen-bond acceptors (Lipinski definition) is 4. The molecule has 9 heteroatoms. The predicted molar refractivity (Wildman–Crippen MR) is 153 cm³/mol. The molecule has 0 spiro atoms. The summed E-state index contributed by atoms with van der Waals surface area (Å²) in [5.41, 5.74) is 2.55. The van der Waals surface area contributed by atoms with Crippen molar-refractivity contribution in [1.29, 1.82) is 0 Å². The van der Waals surface area contributed by atoms with Crippen LogP contribution in [0.4, 0.5) is 9.18 Å². The van der Waals surface area contributed by atoms with Crippen molar-refractivity contribution in [3.05, 3.63) is 107 Å². The molecule has 2 saturated heterocycles. The molecule has 1 N–H and O–H groups in total. The van der Waals surface area contributed by atoms with Gasteiger partial charge in [0.05, 0.1) is 13.1 Å². The number of rotatable bonds is 8. The van der Waals surface area contributed by atoms with E-state index in [4.69, 9.17) is 0 Å². The van der Waals surface area contributed by atoms with E-state index in [1.54, 1.807) is 32.0 Å². The molecule has 41 heavy (non-hydrogen) atoms. The molecule has 1 unspecified atom stereocenters. The zero-order valence-corrected chi connectivity index (χ0v) is 23.4. The van der Waals surface area contributed by atoms with Crippen LogP contribution in [0.2, 0.25) is 0 Å². The SMILES string of the molecule is CCC(C)[C@H]1C(=O)N(Cc2cccc(F)c2)C[C@H]2N1C(=O)CN(Cc1ccccc1)N2C(=O)NCc1ccccc1. The predicted octanol–water partition coefficient (Wildman–Crippen LogP) is 4.38. The molecule has 4 amide bonds. The minimum Gasteiger partial charge on any atom is -0.333 e. The van der Waals surface area contributed by atoms with Crippen LogP contribution in [0.1, 0.15) is 37.0 Å². The standard InChI is InChI=1S/C32H36FN5O3/c1-3-23(2)30-31(40)35(19-26-15-10-16-27(33)17-26)21-28-37(30)29(39)22-36(20-25-13-8-5-9-14-25)38(28)32(41)34-18-24-11-6-4-7-12-24/h4-17,23,28,30H,3,18-22H2,1-2H3,(H,34,41)/t23?,28-,30-/m0/s1. The zero-order valence-electron chi connectivity index (χ0n) is 23.4. The van der Waals surface area contributed by atoms with Gasteiger partial charge in [0.25, 0.3) is 0 Å². The number of hydrazine groups is 1. The summed E-state index contributed by atoms with van der Waals surface area (Å²) in [7, 11) is 0. The first-order valence-electron chi connectivity index (χ1n) is 14.1. The van der Waals surface area contributed by atoms with Crippen LogP contribution in [-0.4, -0.2) is 63.0 Å². The van der Waals surface area contributed by atoms with Gasteiger partial charge in [-0.15, -0.1) is 0 Å². The Labute approximate surface area is 240 Å². The Hall–Kier alpha value is -4.24. The van der Waals surface area contributed by atoms with Crippen LogP contribution in [0.25, 0.3) is 0 Å². The number of halogens is 1. The Morgan fingerprint density at radius 2 is 1.59 bits per heavy atom. The maximum atomic E-state index is 14.0. The number of hydrogen-bond donors (Lipinski definition) is 1. The van der Waals surface area contributed by atoms with Crippen LogP contribution < -0.4 is 5.32 Å². The van der Waals surface area contributed by atoms with Gasteiger partial charge in [-0.25, -0.2) is 19.2 Å². The van der Waals surface area contributed by atoms with Crippen LogP contribution in [0.3, 0.4) is 0 Å². The van der Waals surface area contributed by atoms with Crippen LogP contribution in [-0.2, 0) is 29.2 Å². The molecular weight excluding hydrogens is 521 g/mol. The lowest BCUT2D eigenvalue weighted by Crippen LogP contribution is -2.77. The normalized spacial score (nSPS) is 20.1. The maximum absolute atomic E-state index is 14.0. The molecule has 2 aliphatic heterocycles. The second-order valence-corrected chi connectivity index (χ2v) is 10.8. The Balaban J connectivity index is 1.50. The van der Waals surface area contributed by atoms with E-state index < -0.39 is 12.2 Å². The number of benzene rings is 3. The van der Waals surface area contributed by atoms with Gasteiger partial charge < -0.3 is 15.1 Å². The highest BCUT2D eigenvalue weighted by atomic mass is 19.1. The Bertz CT molecular complexity index is 1370. The van der Waals surface area contributed by atoms with Crippen molar-refractivity contribution in [3.63, 3.8) is 0 Å². The summed E-state index contributed by atoms with van der Waals surface area (Å²) in [6.07, 6.45) is -0.0461. The molecule has 0 bridgehead atoms. The number of amides is 4. The molecule has 214 valence electrons. The van der Waals surface area contributed by atoms with E-state index in [2.05, 4.69) is 5.32 Å². The third-order valence-corrected chi connectivity index (χ3v) is 7.91. The lowest BCUT2D eigenvalue weighted by Gasteiger charge is -2.56. The molecule has 5 rings (SSSR count). The molecule has 2 fully saturated rings. The van der Waals surface area contributed by atoms with Crippen molar-refractivity contribution in [2.24, 2.45) is 5.92 Å². The highest BCUT2D eigenvalue weighted by Crippen LogP contribution is 2.32. The largest absolute Gasteiger partial charge is 0.334 e. The minimum absolute atomic E-state index is 0.0335. The molecular formula is C32H36FN5O3. The summed E-state index contributed by atoms with van der Waals surface area (Å²) in [5.74, 6) is -0.897. The van der Waals surface area contributed by atoms with Gasteiger partial charge >= 0.3 is 6.03 Å². The van der Waals surface area contributed by atoms with Crippen LogP contribution >= 0.6 is 0 Å². The average molecular weight is 558 g/mol. The van der Waals surface area contributed by atoms with Crippen molar-refractivity contribution in [2.45, 2.75) is 52.1 Å². The Kier molecular flexibility index (Phi) is 8.64. The van der Waals surface area contributed by atoms with E-state index in [1.165, 1.54) is 12.1 Å². The molecule has 2 heterocycles. The summed E-state index contributed by atoms with van der Waals surface area (Å²) < 4.78 is 14.0. The first kappa shape index (κ1) is 28.3. The summed E-state index contributed by atoms with van der Waals surface area (Å²) in [4.78, 5) is 44.9. The van der Waals surface area contributed by atoms with Gasteiger partial charge in [0.1, 0.15) is 18.0 Å². The number of urea groups is 1. The number of nitrogens with one attached hydrogen (secondary N) is 1. The monoisotopic (exact) mass is 557 g/mol. The van der Waals surface area contributed by atoms with Gasteiger partial charge in [0, 0.05) is 19.6 Å². The summed E-state index contributed by atoms with van der Waals surface area (Å²) in [6.45, 7) is 4.86. The van der Waals surface area contributed by atoms with E-state index >= 15 is 0 Å². The number of fused-ring (bicyclic) bond motifs is 1. The lowest BCUT2D eigenvalue weighted by atomic mass is 9.92. The molecule has 0 radical (unpaired) electrons. The van der Waals surface area contributed by atoms with Gasteiger partial charge in [0.15, 0.2) is 0 Å². The Morgan fingerprint density at radius 3 is 2.24 bits per heavy atom. The van der Waals surface area contributed by atoms with Crippen molar-refractivity contribution in [3.8, 4) is 0 Å². The number of carbonyl (C=O) groups excluding carboxylic acids is 3. The smallest absolute Gasteiger partial charge is 0.333 e. The lowest BCUT2D eigenvalue weighted by molar-refractivity contribution is -0.195. The molecule has 3 atom stereocenters. The zero-order chi connectivity index (χ0) is 28.9. The highest BCUT2D eigenvalue weighted by Gasteiger charge is 2.52. The molecule has 2 aliphatic rings. The van der Waals surface area contributed by atoms with E-state index in [1.807, 2.05) is 74.5 Å². The molecule has 3 aromatic rings. The van der Waals surface area contributed by atoms with Gasteiger partial charge in [-0.2, -0.15) is 0 Å². The average Bonchev–Trinajstić information content (AvgIpc) is 2.97. The third kappa shape index (κ3) is 6.25. The molecule has 0 saturated carbocycles. The fraction of sp³-hybridized carbons (Fsp3) is 0.344. The third-order valence-electron chi connectivity index (χ3n) is 7.91. The molecule has 0 aromatic heterocycles. The minimum atomic E-state index is -0.733.